The molecule has 0 saturated carbocycles. The number of halogens is 4. The topological polar surface area (TPSA) is 29.0 Å². The van der Waals surface area contributed by atoms with Crippen LogP contribution in [0.2, 0.25) is 10.0 Å². The lowest BCUT2D eigenvalue weighted by Crippen LogP contribution is -2.19. The van der Waals surface area contributed by atoms with Crippen LogP contribution >= 0.6 is 48.0 Å². The molecule has 1 aromatic heterocycles. The molecule has 0 aliphatic rings. The van der Waals surface area contributed by atoms with E-state index >= 15 is 0 Å². The van der Waals surface area contributed by atoms with E-state index < -0.39 is 0 Å². The number of nitrogens with one attached hydrogen (secondary N) is 2. The minimum atomic E-state index is 0. The normalized spacial score (nSPS) is 10.6. The first-order valence-corrected chi connectivity index (χ1v) is 9.73. The van der Waals surface area contributed by atoms with E-state index in [0.29, 0.717) is 10.0 Å². The van der Waals surface area contributed by atoms with E-state index in [4.69, 9.17) is 23.2 Å². The van der Waals surface area contributed by atoms with Crippen molar-refractivity contribution in [1.82, 2.24) is 15.2 Å². The van der Waals surface area contributed by atoms with Crippen molar-refractivity contribution in [2.75, 3.05) is 20.1 Å². The van der Waals surface area contributed by atoms with Gasteiger partial charge in [0.05, 0.1) is 0 Å². The molecule has 0 spiro atoms. The first-order valence-electron chi connectivity index (χ1n) is 8.97. The number of aromatic nitrogens is 1. The monoisotopic (exact) mass is 461 g/mol. The van der Waals surface area contributed by atoms with Crippen molar-refractivity contribution in [1.29, 1.82) is 0 Å². The van der Waals surface area contributed by atoms with Crippen molar-refractivity contribution in [3.05, 3.63) is 69.3 Å². The standard InChI is InChI=1S/C21H25Cl2N3.2ClH/c1-15-19(13-25-11-5-10-24-2)18-6-3-4-7-21(18)26(15)14-16-8-9-17(22)12-20(16)23;;/h3-4,6-9,12,24-25H,5,10-11,13-14H2,1-2H3;2*1H. The number of para-hydroxylation sites is 1. The van der Waals surface area contributed by atoms with Crippen molar-refractivity contribution in [2.24, 2.45) is 0 Å². The van der Waals surface area contributed by atoms with Gasteiger partial charge in [0.1, 0.15) is 0 Å². The number of hydrogen-bond donors (Lipinski definition) is 2. The zero-order chi connectivity index (χ0) is 18.5. The molecule has 28 heavy (non-hydrogen) atoms. The summed E-state index contributed by atoms with van der Waals surface area (Å²) >= 11 is 12.4. The van der Waals surface area contributed by atoms with Crippen molar-refractivity contribution >= 4 is 58.9 Å². The Morgan fingerprint density at radius 2 is 1.75 bits per heavy atom. The summed E-state index contributed by atoms with van der Waals surface area (Å²) in [5, 5.41) is 9.43. The Labute approximate surface area is 189 Å². The van der Waals surface area contributed by atoms with Crippen LogP contribution in [0.5, 0.6) is 0 Å². The van der Waals surface area contributed by atoms with Crippen LogP contribution in [0, 0.1) is 6.92 Å². The van der Waals surface area contributed by atoms with Crippen molar-refractivity contribution in [3.8, 4) is 0 Å². The predicted octanol–water partition coefficient (Wildman–Crippen LogP) is 5.85. The predicted molar refractivity (Wildman–Crippen MR) is 127 cm³/mol. The first kappa shape index (κ1) is 25.1. The van der Waals surface area contributed by atoms with E-state index in [-0.39, 0.29) is 24.8 Å². The SMILES string of the molecule is CNCCCNCc1c(C)n(Cc2ccc(Cl)cc2Cl)c2ccccc12.Cl.Cl. The van der Waals surface area contributed by atoms with Crippen LogP contribution in [0.25, 0.3) is 10.9 Å². The van der Waals surface area contributed by atoms with Crippen molar-refractivity contribution in [2.45, 2.75) is 26.4 Å². The number of benzene rings is 2. The molecule has 0 atom stereocenters. The Balaban J connectivity index is 0.00000196. The van der Waals surface area contributed by atoms with Gasteiger partial charge in [-0.05, 0) is 62.8 Å². The van der Waals surface area contributed by atoms with Gasteiger partial charge in [0, 0.05) is 39.7 Å². The highest BCUT2D eigenvalue weighted by molar-refractivity contribution is 6.35. The molecular weight excluding hydrogens is 436 g/mol. The smallest absolute Gasteiger partial charge is 0.0493 e. The molecule has 7 heteroatoms. The largest absolute Gasteiger partial charge is 0.340 e. The van der Waals surface area contributed by atoms with E-state index in [0.717, 1.165) is 38.2 Å². The fraction of sp³-hybridized carbons (Fsp3) is 0.333. The van der Waals surface area contributed by atoms with E-state index in [9.17, 15) is 0 Å². The van der Waals surface area contributed by atoms with Crippen LogP contribution in [-0.4, -0.2) is 24.7 Å². The maximum atomic E-state index is 6.41. The summed E-state index contributed by atoms with van der Waals surface area (Å²) < 4.78 is 2.34. The van der Waals surface area contributed by atoms with Gasteiger partial charge in [-0.1, -0.05) is 47.5 Å². The average molecular weight is 463 g/mol. The van der Waals surface area contributed by atoms with Gasteiger partial charge in [-0.25, -0.2) is 0 Å². The van der Waals surface area contributed by atoms with Crippen LogP contribution < -0.4 is 10.6 Å². The Hall–Kier alpha value is -0.940. The number of hydrogen-bond acceptors (Lipinski definition) is 2. The average Bonchev–Trinajstić information content (AvgIpc) is 2.89. The molecule has 0 saturated heterocycles. The highest BCUT2D eigenvalue weighted by atomic mass is 35.5. The fourth-order valence-electron chi connectivity index (χ4n) is 3.35. The minimum absolute atomic E-state index is 0. The summed E-state index contributed by atoms with van der Waals surface area (Å²) in [5.74, 6) is 0. The molecule has 3 nitrogen and oxygen atoms in total. The molecule has 3 rings (SSSR count). The summed E-state index contributed by atoms with van der Waals surface area (Å²) in [6.07, 6.45) is 1.12. The third-order valence-electron chi connectivity index (χ3n) is 4.79. The Kier molecular flexibility index (Phi) is 10.7. The number of fused-ring (bicyclic) bond motifs is 1. The van der Waals surface area contributed by atoms with Gasteiger partial charge in [-0.15, -0.1) is 24.8 Å². The first-order chi connectivity index (χ1) is 12.6. The second-order valence-electron chi connectivity index (χ2n) is 6.54. The van der Waals surface area contributed by atoms with E-state index in [1.807, 2.05) is 25.2 Å². The highest BCUT2D eigenvalue weighted by Gasteiger charge is 2.14. The lowest BCUT2D eigenvalue weighted by atomic mass is 10.1. The third kappa shape index (κ3) is 5.79. The highest BCUT2D eigenvalue weighted by Crippen LogP contribution is 2.29. The van der Waals surface area contributed by atoms with Crippen LogP contribution in [0.15, 0.2) is 42.5 Å². The molecule has 0 fully saturated rings. The quantitative estimate of drug-likeness (QED) is 0.411. The van der Waals surface area contributed by atoms with Gasteiger partial charge >= 0.3 is 0 Å². The second-order valence-corrected chi connectivity index (χ2v) is 7.38. The summed E-state index contributed by atoms with van der Waals surface area (Å²) in [4.78, 5) is 0. The third-order valence-corrected chi connectivity index (χ3v) is 5.37. The van der Waals surface area contributed by atoms with E-state index in [2.05, 4.69) is 46.4 Å². The molecule has 2 N–H and O–H groups in total. The van der Waals surface area contributed by atoms with Gasteiger partial charge in [0.2, 0.25) is 0 Å². The maximum Gasteiger partial charge on any atom is 0.0493 e. The molecule has 3 aromatic rings. The molecule has 0 bridgehead atoms. The minimum Gasteiger partial charge on any atom is -0.340 e. The van der Waals surface area contributed by atoms with Crippen molar-refractivity contribution < 1.29 is 0 Å². The van der Waals surface area contributed by atoms with Crippen LogP contribution in [-0.2, 0) is 13.1 Å². The molecule has 0 aliphatic heterocycles. The Morgan fingerprint density at radius 3 is 2.46 bits per heavy atom. The molecule has 2 aromatic carbocycles. The molecule has 0 unspecified atom stereocenters. The maximum absolute atomic E-state index is 6.41. The molecule has 0 amide bonds. The van der Waals surface area contributed by atoms with Gasteiger partial charge in [0.25, 0.3) is 0 Å². The number of rotatable bonds is 8. The van der Waals surface area contributed by atoms with Crippen LogP contribution in [0.1, 0.15) is 23.2 Å². The number of nitrogens with zero attached hydrogens (tertiary/aromatic N) is 1. The van der Waals surface area contributed by atoms with Crippen LogP contribution in [0.3, 0.4) is 0 Å². The van der Waals surface area contributed by atoms with Gasteiger partial charge in [-0.2, -0.15) is 0 Å². The Morgan fingerprint density at radius 1 is 1.00 bits per heavy atom. The van der Waals surface area contributed by atoms with Crippen LogP contribution in [0.4, 0.5) is 0 Å². The second kappa shape index (κ2) is 11.9. The van der Waals surface area contributed by atoms with E-state index in [1.54, 1.807) is 0 Å². The van der Waals surface area contributed by atoms with Gasteiger partial charge in [-0.3, -0.25) is 0 Å². The van der Waals surface area contributed by atoms with E-state index in [1.165, 1.54) is 22.2 Å². The molecule has 1 heterocycles. The van der Waals surface area contributed by atoms with Gasteiger partial charge < -0.3 is 15.2 Å². The summed E-state index contributed by atoms with van der Waals surface area (Å²) in [6, 6.07) is 14.3. The molecule has 0 radical (unpaired) electrons. The summed E-state index contributed by atoms with van der Waals surface area (Å²) in [7, 11) is 1.99. The zero-order valence-corrected chi connectivity index (χ0v) is 19.2. The fourth-order valence-corrected chi connectivity index (χ4v) is 3.82. The lowest BCUT2D eigenvalue weighted by molar-refractivity contribution is 0.623. The van der Waals surface area contributed by atoms with Gasteiger partial charge in [0.15, 0.2) is 0 Å². The van der Waals surface area contributed by atoms with Crippen molar-refractivity contribution in [3.63, 3.8) is 0 Å². The lowest BCUT2D eigenvalue weighted by Gasteiger charge is -2.11. The summed E-state index contributed by atoms with van der Waals surface area (Å²) in [6.45, 7) is 5.83. The molecular formula is C21H27Cl4N3. The molecule has 154 valence electrons. The Bertz CT molecular complexity index is 893. The zero-order valence-electron chi connectivity index (χ0n) is 16.1. The summed E-state index contributed by atoms with van der Waals surface area (Å²) in [5.41, 5.74) is 4.95. The molecule has 0 aliphatic carbocycles.